The maximum atomic E-state index is 13.8. The van der Waals surface area contributed by atoms with Gasteiger partial charge in [0.15, 0.2) is 0 Å². The van der Waals surface area contributed by atoms with Gasteiger partial charge in [-0.15, -0.1) is 0 Å². The van der Waals surface area contributed by atoms with Gasteiger partial charge < -0.3 is 4.90 Å². The lowest BCUT2D eigenvalue weighted by molar-refractivity contribution is -0.131. The fourth-order valence-electron chi connectivity index (χ4n) is 3.58. The number of nitrogens with zero attached hydrogens (tertiary/aromatic N) is 2. The van der Waals surface area contributed by atoms with Crippen LogP contribution in [0.25, 0.3) is 11.3 Å². The molecule has 0 saturated heterocycles. The van der Waals surface area contributed by atoms with Crippen molar-refractivity contribution in [2.45, 2.75) is 43.5 Å². The number of rotatable bonds is 11. The van der Waals surface area contributed by atoms with Gasteiger partial charge in [-0.1, -0.05) is 30.7 Å². The van der Waals surface area contributed by atoms with Crippen molar-refractivity contribution in [1.82, 2.24) is 19.8 Å². The Morgan fingerprint density at radius 2 is 1.85 bits per heavy atom. The number of aromatic amines is 1. The fourth-order valence-corrected chi connectivity index (χ4v) is 4.85. The summed E-state index contributed by atoms with van der Waals surface area (Å²) in [5, 5.41) is 7.20. The molecule has 1 heterocycles. The smallest absolute Gasteiger partial charge is 0.244 e. The highest BCUT2D eigenvalue weighted by Gasteiger charge is 2.26. The summed E-state index contributed by atoms with van der Waals surface area (Å²) in [4.78, 5) is 13.5. The second-order valence-electron chi connectivity index (χ2n) is 8.13. The summed E-state index contributed by atoms with van der Waals surface area (Å²) >= 11 is 0. The average molecular weight is 491 g/mol. The molecule has 3 rings (SSSR count). The van der Waals surface area contributed by atoms with E-state index in [0.29, 0.717) is 17.8 Å². The molecule has 0 fully saturated rings. The number of likely N-dealkylation sites (N-methyl/N-ethyl adjacent to an activating group) is 1. The first-order valence-electron chi connectivity index (χ1n) is 11.0. The van der Waals surface area contributed by atoms with E-state index in [9.17, 15) is 22.0 Å². The van der Waals surface area contributed by atoms with Crippen LogP contribution in [0.2, 0.25) is 0 Å². The normalized spacial score (nSPS) is 12.5. The van der Waals surface area contributed by atoms with Crippen molar-refractivity contribution >= 4 is 15.9 Å². The van der Waals surface area contributed by atoms with E-state index in [1.54, 1.807) is 19.2 Å². The van der Waals surface area contributed by atoms with E-state index in [4.69, 9.17) is 0 Å². The molecule has 1 aromatic heterocycles. The van der Waals surface area contributed by atoms with E-state index >= 15 is 0 Å². The molecular formula is C24H28F2N4O3S. The third-order valence-corrected chi connectivity index (χ3v) is 6.97. The number of carbonyl (C=O) groups is 1. The van der Waals surface area contributed by atoms with Crippen LogP contribution in [0.3, 0.4) is 0 Å². The van der Waals surface area contributed by atoms with Crippen LogP contribution in [0.15, 0.2) is 59.5 Å². The van der Waals surface area contributed by atoms with Gasteiger partial charge in [0.1, 0.15) is 16.5 Å². The lowest BCUT2D eigenvalue weighted by Crippen LogP contribution is -2.45. The van der Waals surface area contributed by atoms with Crippen molar-refractivity contribution in [3.05, 3.63) is 71.9 Å². The number of carbonyl (C=O) groups excluding carboxylic acids is 1. The SMILES string of the molecule is C[C@H](NS(=O)(=O)c1ccccc1F)C(=O)N(C)CCCCCc1cc(-c2cccc(F)c2)n[nH]1. The second-order valence-corrected chi connectivity index (χ2v) is 9.82. The van der Waals surface area contributed by atoms with E-state index in [0.717, 1.165) is 43.5 Å². The highest BCUT2D eigenvalue weighted by Crippen LogP contribution is 2.19. The molecule has 0 unspecified atom stereocenters. The number of aromatic nitrogens is 2. The molecule has 0 aliphatic carbocycles. The molecule has 0 aliphatic rings. The summed E-state index contributed by atoms with van der Waals surface area (Å²) in [5.74, 6) is -1.58. The standard InChI is InChI=1S/C24H28F2N4O3S/c1-17(29-34(32,33)23-13-6-5-12-21(23)26)24(31)30(2)14-7-3-4-11-20-16-22(28-27-20)18-9-8-10-19(25)15-18/h5-6,8-10,12-13,15-17,29H,3-4,7,11,14H2,1-2H3,(H,27,28)/t17-/m0/s1. The number of H-pyrrole nitrogens is 1. The summed E-state index contributed by atoms with van der Waals surface area (Å²) in [7, 11) is -2.54. The monoisotopic (exact) mass is 490 g/mol. The summed E-state index contributed by atoms with van der Waals surface area (Å²) in [6, 6.07) is 12.2. The fraction of sp³-hybridized carbons (Fsp3) is 0.333. The lowest BCUT2D eigenvalue weighted by Gasteiger charge is -2.22. The van der Waals surface area contributed by atoms with Crippen molar-refractivity contribution in [1.29, 1.82) is 0 Å². The number of hydrogen-bond acceptors (Lipinski definition) is 4. The molecule has 0 radical (unpaired) electrons. The van der Waals surface area contributed by atoms with Crippen molar-refractivity contribution in [3.63, 3.8) is 0 Å². The van der Waals surface area contributed by atoms with E-state index in [1.807, 2.05) is 6.07 Å². The van der Waals surface area contributed by atoms with Crippen LogP contribution < -0.4 is 4.72 Å². The molecule has 0 saturated carbocycles. The number of aryl methyl sites for hydroxylation is 1. The van der Waals surface area contributed by atoms with Crippen LogP contribution >= 0.6 is 0 Å². The van der Waals surface area contributed by atoms with Crippen LogP contribution in [-0.2, 0) is 21.2 Å². The van der Waals surface area contributed by atoms with E-state index in [-0.39, 0.29) is 5.82 Å². The Morgan fingerprint density at radius 1 is 1.09 bits per heavy atom. The molecular weight excluding hydrogens is 462 g/mol. The molecule has 0 spiro atoms. The van der Waals surface area contributed by atoms with Crippen molar-refractivity contribution < 1.29 is 22.0 Å². The maximum Gasteiger partial charge on any atom is 0.244 e. The Morgan fingerprint density at radius 3 is 2.59 bits per heavy atom. The zero-order valence-electron chi connectivity index (χ0n) is 19.1. The Balaban J connectivity index is 1.41. The van der Waals surface area contributed by atoms with Crippen LogP contribution in [0.4, 0.5) is 8.78 Å². The van der Waals surface area contributed by atoms with Crippen molar-refractivity contribution in [2.24, 2.45) is 0 Å². The van der Waals surface area contributed by atoms with Gasteiger partial charge >= 0.3 is 0 Å². The predicted molar refractivity (Wildman–Crippen MR) is 125 cm³/mol. The summed E-state index contributed by atoms with van der Waals surface area (Å²) in [5.41, 5.74) is 2.34. The number of halogens is 2. The molecule has 1 atom stereocenters. The number of unbranched alkanes of at least 4 members (excludes halogenated alkanes) is 2. The third-order valence-electron chi connectivity index (χ3n) is 5.40. The van der Waals surface area contributed by atoms with Gasteiger partial charge in [-0.05, 0) is 56.5 Å². The zero-order chi connectivity index (χ0) is 24.7. The molecule has 1 amide bonds. The Bertz CT molecular complexity index is 1230. The van der Waals surface area contributed by atoms with E-state index < -0.39 is 32.7 Å². The molecule has 10 heteroatoms. The molecule has 2 N–H and O–H groups in total. The highest BCUT2D eigenvalue weighted by molar-refractivity contribution is 7.89. The second kappa shape index (κ2) is 11.3. The van der Waals surface area contributed by atoms with Crippen molar-refractivity contribution in [3.8, 4) is 11.3 Å². The van der Waals surface area contributed by atoms with Crippen LogP contribution in [-0.4, -0.2) is 49.1 Å². The molecule has 182 valence electrons. The van der Waals surface area contributed by atoms with Gasteiger partial charge in [-0.3, -0.25) is 9.89 Å². The number of nitrogens with one attached hydrogen (secondary N) is 2. The number of benzene rings is 2. The molecule has 0 bridgehead atoms. The van der Waals surface area contributed by atoms with E-state index in [2.05, 4.69) is 14.9 Å². The van der Waals surface area contributed by atoms with Crippen LogP contribution in [0, 0.1) is 11.6 Å². The van der Waals surface area contributed by atoms with Gasteiger partial charge in [0.2, 0.25) is 15.9 Å². The Labute approximate surface area is 198 Å². The highest BCUT2D eigenvalue weighted by atomic mass is 32.2. The molecule has 7 nitrogen and oxygen atoms in total. The zero-order valence-corrected chi connectivity index (χ0v) is 19.9. The minimum atomic E-state index is -4.15. The minimum Gasteiger partial charge on any atom is -0.344 e. The molecule has 0 aliphatic heterocycles. The average Bonchev–Trinajstić information content (AvgIpc) is 3.27. The number of sulfonamides is 1. The minimum absolute atomic E-state index is 0.310. The lowest BCUT2D eigenvalue weighted by atomic mass is 10.1. The molecule has 2 aromatic carbocycles. The van der Waals surface area contributed by atoms with Crippen LogP contribution in [0.1, 0.15) is 31.9 Å². The van der Waals surface area contributed by atoms with Crippen LogP contribution in [0.5, 0.6) is 0 Å². The van der Waals surface area contributed by atoms with Gasteiger partial charge in [0.05, 0.1) is 11.7 Å². The Kier molecular flexibility index (Phi) is 8.51. The first kappa shape index (κ1) is 25.5. The quantitative estimate of drug-likeness (QED) is 0.399. The summed E-state index contributed by atoms with van der Waals surface area (Å²) < 4.78 is 54.2. The molecule has 3 aromatic rings. The first-order valence-corrected chi connectivity index (χ1v) is 12.5. The van der Waals surface area contributed by atoms with Gasteiger partial charge in [0, 0.05) is 24.8 Å². The van der Waals surface area contributed by atoms with Crippen molar-refractivity contribution in [2.75, 3.05) is 13.6 Å². The Hall–Kier alpha value is -3.11. The number of hydrogen-bond donors (Lipinski definition) is 2. The van der Waals surface area contributed by atoms with E-state index in [1.165, 1.54) is 36.1 Å². The third kappa shape index (κ3) is 6.71. The summed E-state index contributed by atoms with van der Waals surface area (Å²) in [6.07, 6.45) is 3.21. The topological polar surface area (TPSA) is 95.2 Å². The summed E-state index contributed by atoms with van der Waals surface area (Å²) in [6.45, 7) is 1.90. The van der Waals surface area contributed by atoms with Gasteiger partial charge in [-0.2, -0.15) is 9.82 Å². The van der Waals surface area contributed by atoms with Gasteiger partial charge in [-0.25, -0.2) is 17.2 Å². The number of amides is 1. The first-order chi connectivity index (χ1) is 16.2. The van der Waals surface area contributed by atoms with Gasteiger partial charge in [0.25, 0.3) is 0 Å². The molecule has 34 heavy (non-hydrogen) atoms. The predicted octanol–water partition coefficient (Wildman–Crippen LogP) is 3.89. The maximum absolute atomic E-state index is 13.8. The largest absolute Gasteiger partial charge is 0.344 e.